The summed E-state index contributed by atoms with van der Waals surface area (Å²) < 4.78 is 5.24. The van der Waals surface area contributed by atoms with Crippen LogP contribution in [0.1, 0.15) is 20.3 Å². The van der Waals surface area contributed by atoms with Crippen molar-refractivity contribution in [2.24, 2.45) is 5.73 Å². The molecule has 4 N–H and O–H groups in total. The first kappa shape index (κ1) is 11.9. The summed E-state index contributed by atoms with van der Waals surface area (Å²) in [4.78, 5) is 21.8. The number of nitrogens with one attached hydrogen (secondary N) is 2. The lowest BCUT2D eigenvalue weighted by molar-refractivity contribution is -0.122. The fraction of sp³-hybridized carbons (Fsp3) is 0.778. The van der Waals surface area contributed by atoms with Gasteiger partial charge in [-0.1, -0.05) is 0 Å². The monoisotopic (exact) mass is 215 g/mol. The topological polar surface area (TPSA) is 93.4 Å². The van der Waals surface area contributed by atoms with E-state index in [2.05, 4.69) is 5.32 Å². The molecule has 0 bridgehead atoms. The number of carbonyl (C=O) groups excluding carboxylic acids is 2. The van der Waals surface area contributed by atoms with Crippen molar-refractivity contribution >= 4 is 11.9 Å². The maximum absolute atomic E-state index is 11.4. The van der Waals surface area contributed by atoms with Gasteiger partial charge in [-0.15, -0.1) is 0 Å². The van der Waals surface area contributed by atoms with Crippen LogP contribution in [0.2, 0.25) is 0 Å². The molecule has 86 valence electrons. The van der Waals surface area contributed by atoms with E-state index in [9.17, 15) is 9.59 Å². The number of imide groups is 1. The van der Waals surface area contributed by atoms with Crippen molar-refractivity contribution in [1.82, 2.24) is 10.6 Å². The summed E-state index contributed by atoms with van der Waals surface area (Å²) in [5, 5.41) is 5.15. The SMILES string of the molecule is CC(NC1(C)CCOC1)C(=O)NC(N)=O. The Morgan fingerprint density at radius 1 is 1.53 bits per heavy atom. The number of rotatable bonds is 3. The number of hydrogen-bond donors (Lipinski definition) is 3. The molecule has 0 aromatic carbocycles. The van der Waals surface area contributed by atoms with Crippen LogP contribution in [0, 0.1) is 0 Å². The van der Waals surface area contributed by atoms with Crippen molar-refractivity contribution in [1.29, 1.82) is 0 Å². The second-order valence-corrected chi connectivity index (χ2v) is 4.08. The Kier molecular flexibility index (Phi) is 3.65. The highest BCUT2D eigenvalue weighted by molar-refractivity contribution is 5.96. The Bertz CT molecular complexity index is 261. The van der Waals surface area contributed by atoms with Crippen LogP contribution >= 0.6 is 0 Å². The van der Waals surface area contributed by atoms with E-state index in [0.29, 0.717) is 13.2 Å². The number of nitrogens with two attached hydrogens (primary N) is 1. The van der Waals surface area contributed by atoms with Crippen LogP contribution in [0.5, 0.6) is 0 Å². The van der Waals surface area contributed by atoms with Crippen LogP contribution < -0.4 is 16.4 Å². The van der Waals surface area contributed by atoms with Crippen molar-refractivity contribution in [3.05, 3.63) is 0 Å². The molecule has 0 radical (unpaired) electrons. The lowest BCUT2D eigenvalue weighted by Crippen LogP contribution is -2.54. The molecule has 6 heteroatoms. The molecule has 1 saturated heterocycles. The zero-order chi connectivity index (χ0) is 11.5. The lowest BCUT2D eigenvalue weighted by atomic mass is 10.0. The summed E-state index contributed by atoms with van der Waals surface area (Å²) in [6, 6.07) is -1.30. The Morgan fingerprint density at radius 2 is 2.20 bits per heavy atom. The normalized spacial score (nSPS) is 27.3. The van der Waals surface area contributed by atoms with E-state index in [4.69, 9.17) is 10.5 Å². The number of hydrogen-bond acceptors (Lipinski definition) is 4. The van der Waals surface area contributed by atoms with E-state index in [1.165, 1.54) is 0 Å². The zero-order valence-corrected chi connectivity index (χ0v) is 9.00. The van der Waals surface area contributed by atoms with Crippen LogP contribution in [0.4, 0.5) is 4.79 Å². The molecule has 1 fully saturated rings. The predicted molar refractivity (Wildman–Crippen MR) is 54.2 cm³/mol. The van der Waals surface area contributed by atoms with Crippen LogP contribution in [0.15, 0.2) is 0 Å². The molecule has 15 heavy (non-hydrogen) atoms. The molecule has 3 amide bonds. The van der Waals surface area contributed by atoms with Crippen LogP contribution in [-0.2, 0) is 9.53 Å². The molecule has 0 aromatic heterocycles. The molecule has 0 aromatic rings. The fourth-order valence-corrected chi connectivity index (χ4v) is 1.60. The fourth-order valence-electron chi connectivity index (χ4n) is 1.60. The third-order valence-electron chi connectivity index (χ3n) is 2.42. The maximum atomic E-state index is 11.4. The minimum atomic E-state index is -0.832. The van der Waals surface area contributed by atoms with Crippen LogP contribution in [-0.4, -0.2) is 36.7 Å². The highest BCUT2D eigenvalue weighted by atomic mass is 16.5. The van der Waals surface area contributed by atoms with Crippen molar-refractivity contribution < 1.29 is 14.3 Å². The molecule has 0 saturated carbocycles. The van der Waals surface area contributed by atoms with Gasteiger partial charge in [0.05, 0.1) is 12.6 Å². The van der Waals surface area contributed by atoms with Gasteiger partial charge in [-0.3, -0.25) is 15.4 Å². The Hall–Kier alpha value is -1.14. The molecular weight excluding hydrogens is 198 g/mol. The molecule has 6 nitrogen and oxygen atoms in total. The highest BCUT2D eigenvalue weighted by Gasteiger charge is 2.32. The molecular formula is C9H17N3O3. The quantitative estimate of drug-likeness (QED) is 0.582. The van der Waals surface area contributed by atoms with Gasteiger partial charge in [-0.25, -0.2) is 4.79 Å². The van der Waals surface area contributed by atoms with Gasteiger partial charge in [0.25, 0.3) is 0 Å². The molecule has 0 aliphatic carbocycles. The number of primary amides is 1. The summed E-state index contributed by atoms with van der Waals surface area (Å²) in [5.74, 6) is -0.421. The van der Waals surface area contributed by atoms with E-state index in [1.54, 1.807) is 6.92 Å². The minimum absolute atomic E-state index is 0.200. The smallest absolute Gasteiger partial charge is 0.318 e. The summed E-state index contributed by atoms with van der Waals surface area (Å²) in [7, 11) is 0. The van der Waals surface area contributed by atoms with Gasteiger partial charge in [0.1, 0.15) is 0 Å². The highest BCUT2D eigenvalue weighted by Crippen LogP contribution is 2.17. The van der Waals surface area contributed by atoms with E-state index < -0.39 is 18.0 Å². The molecule has 0 spiro atoms. The van der Waals surface area contributed by atoms with Crippen LogP contribution in [0.3, 0.4) is 0 Å². The van der Waals surface area contributed by atoms with Gasteiger partial charge >= 0.3 is 6.03 Å². The first-order valence-corrected chi connectivity index (χ1v) is 4.89. The van der Waals surface area contributed by atoms with Gasteiger partial charge in [0.15, 0.2) is 0 Å². The minimum Gasteiger partial charge on any atom is -0.379 e. The summed E-state index contributed by atoms with van der Waals surface area (Å²) >= 11 is 0. The van der Waals surface area contributed by atoms with Gasteiger partial charge in [-0.05, 0) is 20.3 Å². The Labute approximate surface area is 88.5 Å². The van der Waals surface area contributed by atoms with Gasteiger partial charge in [-0.2, -0.15) is 0 Å². The zero-order valence-electron chi connectivity index (χ0n) is 9.00. The van der Waals surface area contributed by atoms with E-state index in [0.717, 1.165) is 6.42 Å². The van der Waals surface area contributed by atoms with Crippen LogP contribution in [0.25, 0.3) is 0 Å². The second-order valence-electron chi connectivity index (χ2n) is 4.08. The van der Waals surface area contributed by atoms with Gasteiger partial charge in [0, 0.05) is 12.1 Å². The van der Waals surface area contributed by atoms with Crippen molar-refractivity contribution in [3.8, 4) is 0 Å². The number of ether oxygens (including phenoxy) is 1. The average Bonchev–Trinajstić information content (AvgIpc) is 2.50. The van der Waals surface area contributed by atoms with Crippen molar-refractivity contribution in [2.75, 3.05) is 13.2 Å². The molecule has 1 heterocycles. The molecule has 2 atom stereocenters. The molecule has 2 unspecified atom stereocenters. The third kappa shape index (κ3) is 3.49. The number of amides is 3. The summed E-state index contributed by atoms with van der Waals surface area (Å²) in [5.41, 5.74) is 4.65. The van der Waals surface area contributed by atoms with Gasteiger partial charge < -0.3 is 10.5 Å². The third-order valence-corrected chi connectivity index (χ3v) is 2.42. The molecule has 1 aliphatic heterocycles. The largest absolute Gasteiger partial charge is 0.379 e. The van der Waals surface area contributed by atoms with Crippen molar-refractivity contribution in [2.45, 2.75) is 31.8 Å². The van der Waals surface area contributed by atoms with Crippen molar-refractivity contribution in [3.63, 3.8) is 0 Å². The number of carbonyl (C=O) groups is 2. The molecule has 1 aliphatic rings. The van der Waals surface area contributed by atoms with Gasteiger partial charge in [0.2, 0.25) is 5.91 Å². The van der Waals surface area contributed by atoms with E-state index >= 15 is 0 Å². The lowest BCUT2D eigenvalue weighted by Gasteiger charge is -2.27. The Morgan fingerprint density at radius 3 is 2.67 bits per heavy atom. The summed E-state index contributed by atoms with van der Waals surface area (Å²) in [6.07, 6.45) is 0.848. The van der Waals surface area contributed by atoms with E-state index in [1.807, 2.05) is 12.2 Å². The van der Waals surface area contributed by atoms with E-state index in [-0.39, 0.29) is 5.54 Å². The standard InChI is InChI=1S/C9H17N3O3/c1-6(7(13)11-8(10)14)12-9(2)3-4-15-5-9/h6,12H,3-5H2,1-2H3,(H3,10,11,13,14). The first-order valence-electron chi connectivity index (χ1n) is 4.89. The summed E-state index contributed by atoms with van der Waals surface area (Å²) in [6.45, 7) is 4.92. The average molecular weight is 215 g/mol. The predicted octanol–water partition coefficient (Wildman–Crippen LogP) is -0.662. The maximum Gasteiger partial charge on any atom is 0.318 e. The molecule has 1 rings (SSSR count). The second kappa shape index (κ2) is 4.59. The Balaban J connectivity index is 2.43. The number of urea groups is 1. The first-order chi connectivity index (χ1) is 6.93.